The fourth-order valence-electron chi connectivity index (χ4n) is 1.41. The third kappa shape index (κ3) is 1.61. The first-order valence-corrected chi connectivity index (χ1v) is 4.46. The summed E-state index contributed by atoms with van der Waals surface area (Å²) in [6.07, 6.45) is 1.96. The van der Waals surface area contributed by atoms with Gasteiger partial charge in [-0.3, -0.25) is 14.5 Å². The predicted molar refractivity (Wildman–Crippen MR) is 54.4 cm³/mol. The number of aldehydes is 1. The van der Waals surface area contributed by atoms with Gasteiger partial charge in [0.2, 0.25) is 5.91 Å². The number of fused-ring (bicyclic) bond motifs is 1. The van der Waals surface area contributed by atoms with Crippen LogP contribution in [0, 0.1) is 0 Å². The lowest BCUT2D eigenvalue weighted by Crippen LogP contribution is -2.27. The van der Waals surface area contributed by atoms with Gasteiger partial charge in [-0.05, 0) is 12.1 Å². The van der Waals surface area contributed by atoms with Crippen LogP contribution in [0.4, 0.5) is 5.69 Å². The maximum absolute atomic E-state index is 11.3. The summed E-state index contributed by atoms with van der Waals surface area (Å²) >= 11 is 0. The van der Waals surface area contributed by atoms with Crippen LogP contribution in [0.25, 0.3) is 0 Å². The summed E-state index contributed by atoms with van der Waals surface area (Å²) in [5.74, 6) is 0.478. The number of hydrogen-bond donors (Lipinski definition) is 0. The normalized spacial score (nSPS) is 13.7. The highest BCUT2D eigenvalue weighted by Gasteiger charge is 2.20. The molecule has 0 unspecified atom stereocenters. The van der Waals surface area contributed by atoms with Crippen molar-refractivity contribution in [2.45, 2.75) is 6.92 Å². The molecule has 1 aliphatic rings. The average Bonchev–Trinajstić information content (AvgIpc) is 2.27. The van der Waals surface area contributed by atoms with Gasteiger partial charge >= 0.3 is 0 Å². The summed E-state index contributed by atoms with van der Waals surface area (Å²) in [6.45, 7) is 1.43. The van der Waals surface area contributed by atoms with Crippen molar-refractivity contribution in [1.82, 2.24) is 0 Å². The van der Waals surface area contributed by atoms with Crippen molar-refractivity contribution in [2.24, 2.45) is 0 Å². The van der Waals surface area contributed by atoms with Gasteiger partial charge in [0.05, 0.1) is 11.9 Å². The number of carbonyl (C=O) groups excluding carboxylic acids is 2. The minimum absolute atomic E-state index is 0.129. The molecule has 0 saturated heterocycles. The Hall–Kier alpha value is -2.10. The quantitative estimate of drug-likeness (QED) is 0.649. The van der Waals surface area contributed by atoms with E-state index in [4.69, 9.17) is 4.74 Å². The second kappa shape index (κ2) is 3.57. The summed E-state index contributed by atoms with van der Waals surface area (Å²) < 4.78 is 5.26. The first-order valence-electron chi connectivity index (χ1n) is 4.46. The van der Waals surface area contributed by atoms with E-state index in [1.54, 1.807) is 24.3 Å². The molecule has 0 aliphatic carbocycles. The Bertz CT molecular complexity index is 451. The number of carbonyl (C=O) groups is 2. The number of para-hydroxylation sites is 2. The summed E-state index contributed by atoms with van der Waals surface area (Å²) in [5.41, 5.74) is 0.649. The van der Waals surface area contributed by atoms with Gasteiger partial charge in [-0.25, -0.2) is 0 Å². The van der Waals surface area contributed by atoms with Gasteiger partial charge in [0, 0.05) is 6.92 Å². The van der Waals surface area contributed by atoms with Crippen LogP contribution in [-0.4, -0.2) is 12.2 Å². The molecule has 0 bridgehead atoms. The molecule has 4 heteroatoms. The fourth-order valence-corrected chi connectivity index (χ4v) is 1.41. The summed E-state index contributed by atoms with van der Waals surface area (Å²) in [6, 6.07) is 7.05. The number of ether oxygens (including phenoxy) is 1. The molecule has 0 fully saturated rings. The largest absolute Gasteiger partial charge is 0.450 e. The molecule has 1 amide bonds. The van der Waals surface area contributed by atoms with E-state index < -0.39 is 0 Å². The van der Waals surface area contributed by atoms with E-state index >= 15 is 0 Å². The van der Waals surface area contributed by atoms with E-state index in [0.29, 0.717) is 17.7 Å². The number of benzene rings is 1. The van der Waals surface area contributed by atoms with Gasteiger partial charge in [0.25, 0.3) is 0 Å². The molecule has 1 heterocycles. The lowest BCUT2D eigenvalue weighted by atomic mass is 10.2. The van der Waals surface area contributed by atoms with E-state index in [1.165, 1.54) is 18.0 Å². The topological polar surface area (TPSA) is 46.6 Å². The summed E-state index contributed by atoms with van der Waals surface area (Å²) in [4.78, 5) is 23.3. The zero-order chi connectivity index (χ0) is 10.8. The molecule has 0 spiro atoms. The number of nitrogens with zero attached hydrogens (tertiary/aromatic N) is 1. The molecule has 0 saturated carbocycles. The van der Waals surface area contributed by atoms with Crippen molar-refractivity contribution < 1.29 is 14.3 Å². The Morgan fingerprint density at radius 3 is 2.80 bits per heavy atom. The molecule has 1 aromatic carbocycles. The van der Waals surface area contributed by atoms with Gasteiger partial charge < -0.3 is 4.74 Å². The second-order valence-electron chi connectivity index (χ2n) is 3.11. The van der Waals surface area contributed by atoms with E-state index in [9.17, 15) is 9.59 Å². The Morgan fingerprint density at radius 2 is 2.13 bits per heavy atom. The van der Waals surface area contributed by atoms with Crippen LogP contribution >= 0.6 is 0 Å². The lowest BCUT2D eigenvalue weighted by molar-refractivity contribution is -0.116. The van der Waals surface area contributed by atoms with E-state index in [0.717, 1.165) is 0 Å². The Balaban J connectivity index is 2.51. The molecule has 76 valence electrons. The van der Waals surface area contributed by atoms with Gasteiger partial charge in [-0.1, -0.05) is 12.1 Å². The predicted octanol–water partition coefficient (Wildman–Crippen LogP) is 1.47. The third-order valence-corrected chi connectivity index (χ3v) is 2.06. The average molecular weight is 203 g/mol. The molecule has 0 N–H and O–H groups in total. The molecule has 0 aromatic heterocycles. The van der Waals surface area contributed by atoms with Gasteiger partial charge in [0.15, 0.2) is 17.8 Å². The third-order valence-electron chi connectivity index (χ3n) is 2.06. The van der Waals surface area contributed by atoms with Crippen LogP contribution in [0.3, 0.4) is 0 Å². The molecule has 15 heavy (non-hydrogen) atoms. The van der Waals surface area contributed by atoms with E-state index in [2.05, 4.69) is 0 Å². The number of hydrogen-bond acceptors (Lipinski definition) is 3. The van der Waals surface area contributed by atoms with Crippen molar-refractivity contribution in [3.8, 4) is 5.75 Å². The van der Waals surface area contributed by atoms with E-state index in [1.807, 2.05) is 0 Å². The smallest absolute Gasteiger partial charge is 0.228 e. The molecular formula is C11H9NO3. The summed E-state index contributed by atoms with van der Waals surface area (Å²) in [7, 11) is 0. The fraction of sp³-hybridized carbons (Fsp3) is 0.0909. The monoisotopic (exact) mass is 203 g/mol. The Labute approximate surface area is 86.8 Å². The number of anilines is 1. The minimum atomic E-state index is -0.162. The number of rotatable bonds is 1. The zero-order valence-electron chi connectivity index (χ0n) is 8.14. The van der Waals surface area contributed by atoms with Gasteiger partial charge in [-0.2, -0.15) is 0 Å². The van der Waals surface area contributed by atoms with Crippen molar-refractivity contribution in [1.29, 1.82) is 0 Å². The molecular weight excluding hydrogens is 194 g/mol. The van der Waals surface area contributed by atoms with Crippen LogP contribution in [0.1, 0.15) is 6.92 Å². The van der Waals surface area contributed by atoms with Crippen molar-refractivity contribution in [2.75, 3.05) is 4.90 Å². The highest BCUT2D eigenvalue weighted by Crippen LogP contribution is 2.33. The molecule has 0 atom stereocenters. The maximum Gasteiger partial charge on any atom is 0.228 e. The second-order valence-corrected chi connectivity index (χ2v) is 3.11. The highest BCUT2D eigenvalue weighted by molar-refractivity contribution is 5.97. The van der Waals surface area contributed by atoms with Crippen LogP contribution in [0.2, 0.25) is 0 Å². The first kappa shape index (κ1) is 9.45. The molecule has 1 aliphatic heterocycles. The summed E-state index contributed by atoms with van der Waals surface area (Å²) in [5, 5.41) is 0. The van der Waals surface area contributed by atoms with Crippen molar-refractivity contribution >= 4 is 17.9 Å². The molecule has 4 nitrogen and oxygen atoms in total. The van der Waals surface area contributed by atoms with Crippen LogP contribution in [0.15, 0.2) is 36.2 Å². The van der Waals surface area contributed by atoms with Crippen molar-refractivity contribution in [3.05, 3.63) is 36.2 Å². The highest BCUT2D eigenvalue weighted by atomic mass is 16.5. The van der Waals surface area contributed by atoms with Gasteiger partial charge in [-0.15, -0.1) is 0 Å². The maximum atomic E-state index is 11.3. The molecule has 0 radical (unpaired) electrons. The standard InChI is InChI=1S/C11H9NO3/c1-8(14)12-6-9(7-13)15-11-5-3-2-4-10(11)12/h2-7H,1H3. The SMILES string of the molecule is CC(=O)N1C=C(C=O)Oc2ccccc21. The van der Waals surface area contributed by atoms with Crippen molar-refractivity contribution in [3.63, 3.8) is 0 Å². The molecule has 1 aromatic rings. The first-order chi connectivity index (χ1) is 7.22. The van der Waals surface area contributed by atoms with Crippen LogP contribution in [-0.2, 0) is 9.59 Å². The van der Waals surface area contributed by atoms with Gasteiger partial charge in [0.1, 0.15) is 0 Å². The minimum Gasteiger partial charge on any atom is -0.450 e. The van der Waals surface area contributed by atoms with Crippen LogP contribution in [0.5, 0.6) is 5.75 Å². The zero-order valence-corrected chi connectivity index (χ0v) is 8.14. The lowest BCUT2D eigenvalue weighted by Gasteiger charge is -2.24. The molecule has 2 rings (SSSR count). The Morgan fingerprint density at radius 1 is 1.40 bits per heavy atom. The van der Waals surface area contributed by atoms with E-state index in [-0.39, 0.29) is 11.7 Å². The number of allylic oxidation sites excluding steroid dienone is 1. The Kier molecular flexibility index (Phi) is 2.25. The number of amides is 1. The van der Waals surface area contributed by atoms with Crippen LogP contribution < -0.4 is 9.64 Å².